The first-order valence-electron chi connectivity index (χ1n) is 30.1. The van der Waals surface area contributed by atoms with Crippen LogP contribution < -0.4 is 5.32 Å². The summed E-state index contributed by atoms with van der Waals surface area (Å²) in [6.07, 6.45) is 75.4. The average Bonchev–Trinajstić information content (AvgIpc) is 3.35. The molecule has 0 aliphatic carbocycles. The normalized spacial score (nSPS) is 13.0. The summed E-state index contributed by atoms with van der Waals surface area (Å²) in [7, 11) is 0. The van der Waals surface area contributed by atoms with Gasteiger partial charge in [0.05, 0.1) is 25.4 Å². The molecule has 0 aliphatic rings. The minimum atomic E-state index is -0.858. The summed E-state index contributed by atoms with van der Waals surface area (Å²) in [6.45, 7) is 4.79. The van der Waals surface area contributed by atoms with E-state index in [1.165, 1.54) is 180 Å². The van der Waals surface area contributed by atoms with Gasteiger partial charge in [-0.3, -0.25) is 9.59 Å². The molecule has 0 aliphatic heterocycles. The fourth-order valence-electron chi connectivity index (χ4n) is 8.88. The van der Waals surface area contributed by atoms with Gasteiger partial charge in [0.1, 0.15) is 0 Å². The van der Waals surface area contributed by atoms with E-state index < -0.39 is 12.1 Å². The first-order valence-corrected chi connectivity index (χ1v) is 30.1. The van der Waals surface area contributed by atoms with E-state index in [1.807, 2.05) is 6.08 Å². The van der Waals surface area contributed by atoms with E-state index in [2.05, 4.69) is 67.8 Å². The Labute approximate surface area is 428 Å². The molecule has 402 valence electrons. The zero-order chi connectivity index (χ0) is 50.0. The summed E-state index contributed by atoms with van der Waals surface area (Å²) in [5.74, 6) is -0.116. The van der Waals surface area contributed by atoms with Crippen molar-refractivity contribution in [3.05, 3.63) is 60.8 Å². The third kappa shape index (κ3) is 54.7. The molecule has 0 fully saturated rings. The molecular formula is C63H115NO5. The van der Waals surface area contributed by atoms with Crippen molar-refractivity contribution >= 4 is 11.9 Å². The van der Waals surface area contributed by atoms with Crippen LogP contribution in [0.2, 0.25) is 0 Å². The monoisotopic (exact) mass is 966 g/mol. The average molecular weight is 967 g/mol. The van der Waals surface area contributed by atoms with Crippen LogP contribution in [0, 0.1) is 0 Å². The number of carbonyl (C=O) groups is 2. The van der Waals surface area contributed by atoms with Gasteiger partial charge in [-0.25, -0.2) is 0 Å². The molecule has 69 heavy (non-hydrogen) atoms. The smallest absolute Gasteiger partial charge is 0.305 e. The number of aliphatic hydroxyl groups is 2. The summed E-state index contributed by atoms with van der Waals surface area (Å²) in [6, 6.07) is -0.643. The van der Waals surface area contributed by atoms with Crippen LogP contribution in [0.25, 0.3) is 0 Å². The van der Waals surface area contributed by atoms with E-state index in [1.54, 1.807) is 6.08 Å². The summed E-state index contributed by atoms with van der Waals surface area (Å²) in [5.41, 5.74) is 0. The van der Waals surface area contributed by atoms with E-state index in [-0.39, 0.29) is 18.5 Å². The van der Waals surface area contributed by atoms with Crippen LogP contribution in [0.5, 0.6) is 0 Å². The Bertz CT molecular complexity index is 1210. The van der Waals surface area contributed by atoms with Gasteiger partial charge in [0.15, 0.2) is 0 Å². The minimum Gasteiger partial charge on any atom is -0.466 e. The van der Waals surface area contributed by atoms with Crippen LogP contribution in [-0.4, -0.2) is 47.4 Å². The number of nitrogens with one attached hydrogen (secondary N) is 1. The predicted octanol–water partition coefficient (Wildman–Crippen LogP) is 18.7. The predicted molar refractivity (Wildman–Crippen MR) is 301 cm³/mol. The molecule has 6 heteroatoms. The zero-order valence-corrected chi connectivity index (χ0v) is 45.8. The van der Waals surface area contributed by atoms with Crippen molar-refractivity contribution in [3.8, 4) is 0 Å². The molecule has 0 aromatic carbocycles. The van der Waals surface area contributed by atoms with Gasteiger partial charge >= 0.3 is 5.97 Å². The van der Waals surface area contributed by atoms with Gasteiger partial charge in [-0.05, 0) is 96.3 Å². The lowest BCUT2D eigenvalue weighted by Crippen LogP contribution is -2.45. The fourth-order valence-corrected chi connectivity index (χ4v) is 8.88. The fraction of sp³-hybridized carbons (Fsp3) is 0.810. The molecule has 1 amide bonds. The topological polar surface area (TPSA) is 95.9 Å². The van der Waals surface area contributed by atoms with Crippen molar-refractivity contribution in [3.63, 3.8) is 0 Å². The van der Waals surface area contributed by atoms with Gasteiger partial charge in [-0.15, -0.1) is 0 Å². The number of hydrogen-bond donors (Lipinski definition) is 3. The second kappa shape index (κ2) is 58.1. The van der Waals surface area contributed by atoms with Crippen LogP contribution >= 0.6 is 0 Å². The van der Waals surface area contributed by atoms with Gasteiger partial charge in [0.2, 0.25) is 5.91 Å². The minimum absolute atomic E-state index is 0.0322. The van der Waals surface area contributed by atoms with Crippen LogP contribution in [0.3, 0.4) is 0 Å². The highest BCUT2D eigenvalue weighted by atomic mass is 16.5. The summed E-state index contributed by atoms with van der Waals surface area (Å²) in [5, 5.41) is 23.2. The van der Waals surface area contributed by atoms with E-state index in [0.29, 0.717) is 19.4 Å². The highest BCUT2D eigenvalue weighted by molar-refractivity contribution is 5.76. The Balaban J connectivity index is 3.54. The standard InChI is InChI=1S/C63H115NO5/c1-3-5-7-9-11-13-15-17-18-19-20-21-22-23-25-28-32-35-39-43-47-51-55-61(66)60(59-65)64-62(67)56-52-48-44-40-36-33-29-26-24-27-30-34-38-42-46-50-54-58-69-63(68)57-53-49-45-41-37-31-16-14-12-10-8-6-4-2/h8,10,14,16,24,27,34,38,51,55,60-61,65-66H,3-7,9,11-13,15,17-23,25-26,28-33,35-37,39-50,52-54,56-59H2,1-2H3,(H,64,67)/b10-8-,16-14-,27-24-,38-34-,55-51+. The van der Waals surface area contributed by atoms with E-state index in [4.69, 9.17) is 4.74 Å². The number of allylic oxidation sites excluding steroid dienone is 9. The number of rotatable bonds is 55. The van der Waals surface area contributed by atoms with Crippen LogP contribution in [-0.2, 0) is 14.3 Å². The highest BCUT2D eigenvalue weighted by Gasteiger charge is 2.18. The molecule has 6 nitrogen and oxygen atoms in total. The number of amides is 1. The lowest BCUT2D eigenvalue weighted by Gasteiger charge is -2.20. The molecule has 0 saturated heterocycles. The van der Waals surface area contributed by atoms with Gasteiger partial charge in [0.25, 0.3) is 0 Å². The third-order valence-electron chi connectivity index (χ3n) is 13.5. The molecule has 2 unspecified atom stereocenters. The zero-order valence-electron chi connectivity index (χ0n) is 45.8. The summed E-state index contributed by atoms with van der Waals surface area (Å²) >= 11 is 0. The highest BCUT2D eigenvalue weighted by Crippen LogP contribution is 2.16. The van der Waals surface area contributed by atoms with Crippen LogP contribution in [0.15, 0.2) is 60.8 Å². The lowest BCUT2D eigenvalue weighted by molar-refractivity contribution is -0.143. The van der Waals surface area contributed by atoms with E-state index >= 15 is 0 Å². The molecule has 2 atom stereocenters. The second-order valence-corrected chi connectivity index (χ2v) is 20.3. The van der Waals surface area contributed by atoms with Crippen molar-refractivity contribution in [2.75, 3.05) is 13.2 Å². The van der Waals surface area contributed by atoms with Crippen LogP contribution in [0.4, 0.5) is 0 Å². The number of unbranched alkanes of at least 4 members (excludes halogenated alkanes) is 36. The molecule has 0 rings (SSSR count). The largest absolute Gasteiger partial charge is 0.466 e. The number of aliphatic hydroxyl groups excluding tert-OH is 2. The number of esters is 1. The molecule has 0 spiro atoms. The Kier molecular flexibility index (Phi) is 56.1. The second-order valence-electron chi connectivity index (χ2n) is 20.3. The van der Waals surface area contributed by atoms with Crippen molar-refractivity contribution in [1.29, 1.82) is 0 Å². The van der Waals surface area contributed by atoms with Gasteiger partial charge in [-0.2, -0.15) is 0 Å². The maximum Gasteiger partial charge on any atom is 0.305 e. The molecule has 0 aromatic rings. The molecule has 0 aromatic heterocycles. The van der Waals surface area contributed by atoms with Crippen molar-refractivity contribution in [1.82, 2.24) is 5.32 Å². The van der Waals surface area contributed by atoms with Crippen molar-refractivity contribution in [2.24, 2.45) is 0 Å². The Hall–Kier alpha value is -2.44. The van der Waals surface area contributed by atoms with E-state index in [0.717, 1.165) is 96.3 Å². The van der Waals surface area contributed by atoms with Gasteiger partial charge in [0, 0.05) is 12.8 Å². The van der Waals surface area contributed by atoms with Gasteiger partial charge in [-0.1, -0.05) is 254 Å². The summed E-state index contributed by atoms with van der Waals surface area (Å²) < 4.78 is 5.43. The van der Waals surface area contributed by atoms with Gasteiger partial charge < -0.3 is 20.3 Å². The molecule has 0 bridgehead atoms. The number of hydrogen-bond acceptors (Lipinski definition) is 5. The van der Waals surface area contributed by atoms with Crippen molar-refractivity contribution in [2.45, 2.75) is 315 Å². The lowest BCUT2D eigenvalue weighted by atomic mass is 10.0. The van der Waals surface area contributed by atoms with Crippen molar-refractivity contribution < 1.29 is 24.5 Å². The number of carbonyl (C=O) groups excluding carboxylic acids is 2. The third-order valence-corrected chi connectivity index (χ3v) is 13.5. The quantitative estimate of drug-likeness (QED) is 0.0321. The van der Waals surface area contributed by atoms with E-state index in [9.17, 15) is 19.8 Å². The Morgan fingerprint density at radius 1 is 0.406 bits per heavy atom. The first-order chi connectivity index (χ1) is 34.0. The molecule has 0 radical (unpaired) electrons. The molecular weight excluding hydrogens is 851 g/mol. The maximum atomic E-state index is 12.5. The van der Waals surface area contributed by atoms with Crippen LogP contribution in [0.1, 0.15) is 303 Å². The Morgan fingerprint density at radius 3 is 1.16 bits per heavy atom. The number of ether oxygens (including phenoxy) is 1. The molecule has 0 saturated carbocycles. The maximum absolute atomic E-state index is 12.5. The Morgan fingerprint density at radius 2 is 0.754 bits per heavy atom. The molecule has 3 N–H and O–H groups in total. The first kappa shape index (κ1) is 66.6. The summed E-state index contributed by atoms with van der Waals surface area (Å²) in [4.78, 5) is 24.5. The molecule has 0 heterocycles. The SMILES string of the molecule is CCC/C=C\C/C=C\CCCCCCCC(=O)OCCCCC/C=C\C/C=C\CCCCCCCCCC(=O)NC(CO)C(O)/C=C/CCCCCCCCCCCCCCCCCCCCCC.